The Kier molecular flexibility index (Phi) is 7.45. The molecule has 0 aromatic carbocycles. The smallest absolute Gasteiger partial charge is 0.0585 e. The molecule has 1 atom stereocenters. The lowest BCUT2D eigenvalue weighted by Crippen LogP contribution is -2.34. The highest BCUT2D eigenvalue weighted by Crippen LogP contribution is 1.94. The van der Waals surface area contributed by atoms with E-state index in [-0.39, 0.29) is 12.6 Å². The van der Waals surface area contributed by atoms with Crippen molar-refractivity contribution in [3.63, 3.8) is 0 Å². The van der Waals surface area contributed by atoms with Crippen LogP contribution in [0.5, 0.6) is 0 Å². The highest BCUT2D eigenvalue weighted by Gasteiger charge is 2.05. The molecule has 0 spiro atoms. The molecule has 74 valence electrons. The molecular formula is C9H22N2O. The lowest BCUT2D eigenvalue weighted by atomic mass is 10.2. The van der Waals surface area contributed by atoms with Gasteiger partial charge < -0.3 is 15.3 Å². The molecule has 0 saturated heterocycles. The van der Waals surface area contributed by atoms with E-state index in [2.05, 4.69) is 24.1 Å². The summed E-state index contributed by atoms with van der Waals surface area (Å²) in [4.78, 5) is 2.36. The van der Waals surface area contributed by atoms with Crippen LogP contribution in [0.25, 0.3) is 0 Å². The Bertz CT molecular complexity index is 78.5. The molecule has 0 amide bonds. The van der Waals surface area contributed by atoms with E-state index in [0.29, 0.717) is 0 Å². The van der Waals surface area contributed by atoms with E-state index >= 15 is 0 Å². The zero-order valence-electron chi connectivity index (χ0n) is 8.51. The Morgan fingerprint density at radius 3 is 2.25 bits per heavy atom. The topological polar surface area (TPSA) is 35.5 Å². The van der Waals surface area contributed by atoms with Crippen LogP contribution in [0.15, 0.2) is 0 Å². The summed E-state index contributed by atoms with van der Waals surface area (Å²) in [6.45, 7) is 7.82. The SMILES string of the molecule is CCN(CC)CCC(CO)NC. The third-order valence-electron chi connectivity index (χ3n) is 2.32. The second kappa shape index (κ2) is 7.53. The van der Waals surface area contributed by atoms with Crippen molar-refractivity contribution in [2.24, 2.45) is 0 Å². The molecule has 12 heavy (non-hydrogen) atoms. The molecule has 1 unspecified atom stereocenters. The summed E-state index contributed by atoms with van der Waals surface area (Å²) in [6.07, 6.45) is 1.02. The highest BCUT2D eigenvalue weighted by molar-refractivity contribution is 4.65. The average Bonchev–Trinajstić information content (AvgIpc) is 2.13. The molecule has 0 aliphatic carbocycles. The average molecular weight is 174 g/mol. The Morgan fingerprint density at radius 1 is 1.33 bits per heavy atom. The van der Waals surface area contributed by atoms with Crippen molar-refractivity contribution in [1.82, 2.24) is 10.2 Å². The summed E-state index contributed by atoms with van der Waals surface area (Å²) in [7, 11) is 1.89. The van der Waals surface area contributed by atoms with Gasteiger partial charge in [0.15, 0.2) is 0 Å². The largest absolute Gasteiger partial charge is 0.395 e. The standard InChI is InChI=1S/C9H22N2O/c1-4-11(5-2)7-6-9(8-12)10-3/h9-10,12H,4-8H2,1-3H3. The molecule has 0 rings (SSSR count). The Hall–Kier alpha value is -0.120. The number of nitrogens with one attached hydrogen (secondary N) is 1. The predicted octanol–water partition coefficient (Wildman–Crippen LogP) is 0.299. The fraction of sp³-hybridized carbons (Fsp3) is 1.00. The van der Waals surface area contributed by atoms with Crippen LogP contribution in [0.3, 0.4) is 0 Å². The van der Waals surface area contributed by atoms with Crippen molar-refractivity contribution in [3.8, 4) is 0 Å². The Morgan fingerprint density at radius 2 is 1.92 bits per heavy atom. The van der Waals surface area contributed by atoms with Gasteiger partial charge in [0.2, 0.25) is 0 Å². The maximum absolute atomic E-state index is 8.90. The normalized spacial score (nSPS) is 13.8. The van der Waals surface area contributed by atoms with Crippen LogP contribution in [0.2, 0.25) is 0 Å². The van der Waals surface area contributed by atoms with Crippen molar-refractivity contribution in [2.75, 3.05) is 33.3 Å². The second-order valence-electron chi connectivity index (χ2n) is 2.98. The lowest BCUT2D eigenvalue weighted by molar-refractivity contribution is 0.217. The van der Waals surface area contributed by atoms with Gasteiger partial charge in [0.05, 0.1) is 6.61 Å². The van der Waals surface area contributed by atoms with Crippen LogP contribution in [0.4, 0.5) is 0 Å². The summed E-state index contributed by atoms with van der Waals surface area (Å²) in [6, 6.07) is 0.255. The van der Waals surface area contributed by atoms with Gasteiger partial charge >= 0.3 is 0 Å². The monoisotopic (exact) mass is 174 g/mol. The maximum Gasteiger partial charge on any atom is 0.0585 e. The third kappa shape index (κ3) is 4.70. The van der Waals surface area contributed by atoms with Crippen LogP contribution < -0.4 is 5.32 Å². The van der Waals surface area contributed by atoms with Gasteiger partial charge in [0, 0.05) is 6.04 Å². The van der Waals surface area contributed by atoms with E-state index in [1.165, 1.54) is 0 Å². The summed E-state index contributed by atoms with van der Waals surface area (Å²) >= 11 is 0. The van der Waals surface area contributed by atoms with Gasteiger partial charge in [-0.3, -0.25) is 0 Å². The number of aliphatic hydroxyl groups excluding tert-OH is 1. The number of likely N-dealkylation sites (N-methyl/N-ethyl adjacent to an activating group) is 1. The van der Waals surface area contributed by atoms with Crippen molar-refractivity contribution in [2.45, 2.75) is 26.3 Å². The zero-order valence-corrected chi connectivity index (χ0v) is 8.51. The van der Waals surface area contributed by atoms with E-state index in [4.69, 9.17) is 5.11 Å². The first-order valence-electron chi connectivity index (χ1n) is 4.78. The van der Waals surface area contributed by atoms with Crippen LogP contribution in [-0.4, -0.2) is 49.3 Å². The van der Waals surface area contributed by atoms with Gasteiger partial charge in [-0.1, -0.05) is 13.8 Å². The minimum absolute atomic E-state index is 0.234. The van der Waals surface area contributed by atoms with Crippen molar-refractivity contribution >= 4 is 0 Å². The van der Waals surface area contributed by atoms with Gasteiger partial charge in [0.1, 0.15) is 0 Å². The molecular weight excluding hydrogens is 152 g/mol. The molecule has 0 saturated carbocycles. The fourth-order valence-corrected chi connectivity index (χ4v) is 1.21. The van der Waals surface area contributed by atoms with Gasteiger partial charge in [-0.25, -0.2) is 0 Å². The summed E-state index contributed by atoms with van der Waals surface area (Å²) in [5, 5.41) is 12.0. The lowest BCUT2D eigenvalue weighted by Gasteiger charge is -2.21. The minimum atomic E-state index is 0.234. The molecule has 0 radical (unpaired) electrons. The summed E-state index contributed by atoms with van der Waals surface area (Å²) in [5.74, 6) is 0. The van der Waals surface area contributed by atoms with Crippen LogP contribution >= 0.6 is 0 Å². The van der Waals surface area contributed by atoms with Crippen LogP contribution in [0, 0.1) is 0 Å². The first kappa shape index (κ1) is 11.9. The van der Waals surface area contributed by atoms with E-state index in [0.717, 1.165) is 26.1 Å². The first-order valence-corrected chi connectivity index (χ1v) is 4.78. The molecule has 0 aromatic heterocycles. The molecule has 2 N–H and O–H groups in total. The van der Waals surface area contributed by atoms with Gasteiger partial charge in [0.25, 0.3) is 0 Å². The van der Waals surface area contributed by atoms with E-state index in [1.54, 1.807) is 0 Å². The third-order valence-corrected chi connectivity index (χ3v) is 2.32. The first-order chi connectivity index (χ1) is 5.78. The van der Waals surface area contributed by atoms with Crippen LogP contribution in [-0.2, 0) is 0 Å². The fourth-order valence-electron chi connectivity index (χ4n) is 1.21. The van der Waals surface area contributed by atoms with E-state index in [9.17, 15) is 0 Å². The maximum atomic E-state index is 8.90. The van der Waals surface area contributed by atoms with E-state index < -0.39 is 0 Å². The highest BCUT2D eigenvalue weighted by atomic mass is 16.3. The molecule has 3 nitrogen and oxygen atoms in total. The van der Waals surface area contributed by atoms with Gasteiger partial charge in [-0.05, 0) is 33.1 Å². The molecule has 0 fully saturated rings. The van der Waals surface area contributed by atoms with Gasteiger partial charge in [-0.15, -0.1) is 0 Å². The Labute approximate surface area is 75.8 Å². The number of rotatable bonds is 7. The van der Waals surface area contributed by atoms with Gasteiger partial charge in [-0.2, -0.15) is 0 Å². The van der Waals surface area contributed by atoms with Crippen molar-refractivity contribution in [1.29, 1.82) is 0 Å². The zero-order chi connectivity index (χ0) is 9.40. The number of nitrogens with zero attached hydrogens (tertiary/aromatic N) is 1. The van der Waals surface area contributed by atoms with E-state index in [1.807, 2.05) is 7.05 Å². The van der Waals surface area contributed by atoms with Crippen LogP contribution in [0.1, 0.15) is 20.3 Å². The molecule has 0 bridgehead atoms. The summed E-state index contributed by atoms with van der Waals surface area (Å²) in [5.41, 5.74) is 0. The van der Waals surface area contributed by atoms with Crippen molar-refractivity contribution < 1.29 is 5.11 Å². The number of aliphatic hydroxyl groups is 1. The number of hydrogen-bond donors (Lipinski definition) is 2. The minimum Gasteiger partial charge on any atom is -0.395 e. The molecule has 3 heteroatoms. The Balaban J connectivity index is 3.49. The number of hydrogen-bond acceptors (Lipinski definition) is 3. The molecule has 0 aliphatic rings. The predicted molar refractivity (Wildman–Crippen MR) is 52.3 cm³/mol. The van der Waals surface area contributed by atoms with Crippen molar-refractivity contribution in [3.05, 3.63) is 0 Å². The summed E-state index contributed by atoms with van der Waals surface area (Å²) < 4.78 is 0. The molecule has 0 aliphatic heterocycles. The molecule has 0 heterocycles. The molecule has 0 aromatic rings. The quantitative estimate of drug-likeness (QED) is 0.582. The second-order valence-corrected chi connectivity index (χ2v) is 2.98.